The number of carboxylic acid groups (broad SMARTS) is 1. The fourth-order valence-corrected chi connectivity index (χ4v) is 2.35. The molecule has 1 aromatic rings. The highest BCUT2D eigenvalue weighted by atomic mass is 16.4. The molecule has 0 radical (unpaired) electrons. The first-order valence-electron chi connectivity index (χ1n) is 6.84. The number of urea groups is 1. The summed E-state index contributed by atoms with van der Waals surface area (Å²) in [5.74, 6) is -1.03. The fourth-order valence-electron chi connectivity index (χ4n) is 2.35. The molecular formula is C15H20N2O3. The largest absolute Gasteiger partial charge is 0.480 e. The van der Waals surface area contributed by atoms with Crippen molar-refractivity contribution in [3.63, 3.8) is 0 Å². The van der Waals surface area contributed by atoms with Crippen molar-refractivity contribution in [1.29, 1.82) is 0 Å². The van der Waals surface area contributed by atoms with Crippen LogP contribution in [0.1, 0.15) is 31.7 Å². The lowest BCUT2D eigenvalue weighted by molar-refractivity contribution is -0.139. The molecule has 108 valence electrons. The van der Waals surface area contributed by atoms with Gasteiger partial charge in [-0.1, -0.05) is 30.3 Å². The van der Waals surface area contributed by atoms with E-state index < -0.39 is 18.0 Å². The minimum atomic E-state index is -1.03. The molecule has 20 heavy (non-hydrogen) atoms. The molecule has 2 rings (SSSR count). The van der Waals surface area contributed by atoms with Crippen LogP contribution in [0.15, 0.2) is 30.3 Å². The van der Waals surface area contributed by atoms with E-state index in [1.54, 1.807) is 0 Å². The minimum absolute atomic E-state index is 0.181. The van der Waals surface area contributed by atoms with Crippen LogP contribution in [-0.2, 0) is 11.2 Å². The molecule has 0 aliphatic heterocycles. The zero-order valence-electron chi connectivity index (χ0n) is 11.6. The second kappa shape index (κ2) is 5.94. The van der Waals surface area contributed by atoms with Gasteiger partial charge in [-0.3, -0.25) is 0 Å². The molecule has 0 bridgehead atoms. The van der Waals surface area contributed by atoms with Crippen LogP contribution >= 0.6 is 0 Å². The molecule has 0 spiro atoms. The lowest BCUT2D eigenvalue weighted by atomic mass is 9.79. The van der Waals surface area contributed by atoms with Gasteiger partial charge in [0.1, 0.15) is 6.04 Å². The van der Waals surface area contributed by atoms with E-state index in [1.807, 2.05) is 37.3 Å². The first-order valence-corrected chi connectivity index (χ1v) is 6.84. The number of carbonyl (C=O) groups excluding carboxylic acids is 1. The number of aliphatic carboxylic acids is 1. The molecule has 5 nitrogen and oxygen atoms in total. The van der Waals surface area contributed by atoms with E-state index >= 15 is 0 Å². The van der Waals surface area contributed by atoms with Crippen LogP contribution in [0.2, 0.25) is 0 Å². The summed E-state index contributed by atoms with van der Waals surface area (Å²) in [4.78, 5) is 23.1. The molecule has 0 saturated heterocycles. The Kier molecular flexibility index (Phi) is 4.27. The number of benzene rings is 1. The Morgan fingerprint density at radius 1 is 1.30 bits per heavy atom. The summed E-state index contributed by atoms with van der Waals surface area (Å²) in [5, 5.41) is 14.6. The molecular weight excluding hydrogens is 256 g/mol. The third-order valence-electron chi connectivity index (χ3n) is 3.76. The Balaban J connectivity index is 1.92. The van der Waals surface area contributed by atoms with Crippen LogP contribution in [0.25, 0.3) is 0 Å². The maximum Gasteiger partial charge on any atom is 0.326 e. The van der Waals surface area contributed by atoms with E-state index in [2.05, 4.69) is 10.6 Å². The van der Waals surface area contributed by atoms with E-state index in [4.69, 9.17) is 0 Å². The summed E-state index contributed by atoms with van der Waals surface area (Å²) < 4.78 is 0. The highest BCUT2D eigenvalue weighted by Crippen LogP contribution is 2.30. The molecule has 0 heterocycles. The van der Waals surface area contributed by atoms with Crippen molar-refractivity contribution in [2.75, 3.05) is 0 Å². The monoisotopic (exact) mass is 276 g/mol. The van der Waals surface area contributed by atoms with Crippen molar-refractivity contribution >= 4 is 12.0 Å². The smallest absolute Gasteiger partial charge is 0.326 e. The lowest BCUT2D eigenvalue weighted by Crippen LogP contribution is -2.57. The van der Waals surface area contributed by atoms with Gasteiger partial charge in [-0.25, -0.2) is 9.59 Å². The Labute approximate surface area is 118 Å². The van der Waals surface area contributed by atoms with E-state index in [1.165, 1.54) is 0 Å². The van der Waals surface area contributed by atoms with E-state index in [0.29, 0.717) is 0 Å². The molecule has 1 unspecified atom stereocenters. The summed E-state index contributed by atoms with van der Waals surface area (Å²) >= 11 is 0. The van der Waals surface area contributed by atoms with Gasteiger partial charge in [0.05, 0.1) is 0 Å². The molecule has 1 fully saturated rings. The van der Waals surface area contributed by atoms with Crippen molar-refractivity contribution in [1.82, 2.24) is 10.6 Å². The zero-order valence-corrected chi connectivity index (χ0v) is 11.6. The van der Waals surface area contributed by atoms with Gasteiger partial charge < -0.3 is 15.7 Å². The molecule has 0 aromatic heterocycles. The van der Waals surface area contributed by atoms with Crippen LogP contribution in [0.5, 0.6) is 0 Å². The lowest BCUT2D eigenvalue weighted by Gasteiger charge is -2.39. The first-order chi connectivity index (χ1) is 9.48. The Bertz CT molecular complexity index is 483. The van der Waals surface area contributed by atoms with Gasteiger partial charge in [-0.2, -0.15) is 0 Å². The molecule has 1 aliphatic rings. The number of amides is 2. The molecule has 5 heteroatoms. The van der Waals surface area contributed by atoms with Crippen LogP contribution in [0.4, 0.5) is 4.79 Å². The average Bonchev–Trinajstić information content (AvgIpc) is 2.37. The summed E-state index contributed by atoms with van der Waals surface area (Å²) in [5.41, 5.74) is 0.704. The zero-order chi connectivity index (χ0) is 14.6. The summed E-state index contributed by atoms with van der Waals surface area (Å²) in [6.45, 7) is 1.98. The minimum Gasteiger partial charge on any atom is -0.480 e. The average molecular weight is 276 g/mol. The number of hydrogen-bond acceptors (Lipinski definition) is 2. The van der Waals surface area contributed by atoms with Gasteiger partial charge in [0.2, 0.25) is 0 Å². The normalized spacial score (nSPS) is 17.6. The van der Waals surface area contributed by atoms with E-state index in [0.717, 1.165) is 24.8 Å². The van der Waals surface area contributed by atoms with Crippen molar-refractivity contribution in [2.24, 2.45) is 0 Å². The fraction of sp³-hybridized carbons (Fsp3) is 0.467. The first kappa shape index (κ1) is 14.4. The van der Waals surface area contributed by atoms with Gasteiger partial charge in [0.15, 0.2) is 0 Å². The Morgan fingerprint density at radius 3 is 2.45 bits per heavy atom. The van der Waals surface area contributed by atoms with Gasteiger partial charge in [-0.05, 0) is 31.7 Å². The second-order valence-electron chi connectivity index (χ2n) is 5.59. The maximum absolute atomic E-state index is 11.9. The molecule has 1 aromatic carbocycles. The predicted molar refractivity (Wildman–Crippen MR) is 75.5 cm³/mol. The summed E-state index contributed by atoms with van der Waals surface area (Å²) in [6, 6.07) is 7.95. The Morgan fingerprint density at radius 2 is 1.95 bits per heavy atom. The predicted octanol–water partition coefficient (Wildman–Crippen LogP) is 1.92. The highest BCUT2D eigenvalue weighted by molar-refractivity contribution is 5.83. The van der Waals surface area contributed by atoms with E-state index in [-0.39, 0.29) is 12.0 Å². The number of hydrogen-bond donors (Lipinski definition) is 3. The number of rotatable bonds is 5. The highest BCUT2D eigenvalue weighted by Gasteiger charge is 2.34. The van der Waals surface area contributed by atoms with Gasteiger partial charge >= 0.3 is 12.0 Å². The van der Waals surface area contributed by atoms with Gasteiger partial charge in [-0.15, -0.1) is 0 Å². The summed E-state index contributed by atoms with van der Waals surface area (Å²) in [7, 11) is 0. The second-order valence-corrected chi connectivity index (χ2v) is 5.59. The van der Waals surface area contributed by atoms with Crippen LogP contribution < -0.4 is 10.6 Å². The Hall–Kier alpha value is -2.04. The number of carboxylic acids is 1. The quantitative estimate of drug-likeness (QED) is 0.769. The number of carbonyl (C=O) groups is 2. The topological polar surface area (TPSA) is 78.4 Å². The van der Waals surface area contributed by atoms with Crippen LogP contribution in [-0.4, -0.2) is 28.7 Å². The molecule has 1 aliphatic carbocycles. The standard InChI is InChI=1S/C15H20N2O3/c1-15(8-5-9-15)17-14(20)16-12(13(18)19)10-11-6-3-2-4-7-11/h2-4,6-7,12H,5,8-10H2,1H3,(H,18,19)(H2,16,17,20). The van der Waals surface area contributed by atoms with Crippen LogP contribution in [0, 0.1) is 0 Å². The van der Waals surface area contributed by atoms with E-state index in [9.17, 15) is 14.7 Å². The van der Waals surface area contributed by atoms with Crippen molar-refractivity contribution in [3.8, 4) is 0 Å². The third kappa shape index (κ3) is 3.73. The summed E-state index contributed by atoms with van der Waals surface area (Å²) in [6.07, 6.45) is 3.26. The van der Waals surface area contributed by atoms with Crippen molar-refractivity contribution in [3.05, 3.63) is 35.9 Å². The van der Waals surface area contributed by atoms with Crippen molar-refractivity contribution < 1.29 is 14.7 Å². The van der Waals surface area contributed by atoms with Gasteiger partial charge in [0, 0.05) is 12.0 Å². The molecule has 1 saturated carbocycles. The number of nitrogens with one attached hydrogen (secondary N) is 2. The van der Waals surface area contributed by atoms with Crippen LogP contribution in [0.3, 0.4) is 0 Å². The third-order valence-corrected chi connectivity index (χ3v) is 3.76. The molecule has 2 amide bonds. The maximum atomic E-state index is 11.9. The molecule has 1 atom stereocenters. The SMILES string of the molecule is CC1(NC(=O)NC(Cc2ccccc2)C(=O)O)CCC1. The molecule has 3 N–H and O–H groups in total. The van der Waals surface area contributed by atoms with Crippen molar-refractivity contribution in [2.45, 2.75) is 44.2 Å². The van der Waals surface area contributed by atoms with Gasteiger partial charge in [0.25, 0.3) is 0 Å².